The molecule has 0 unspecified atom stereocenters. The number of aliphatic imine (C=N–C) groups is 1. The molecule has 0 radical (unpaired) electrons. The summed E-state index contributed by atoms with van der Waals surface area (Å²) in [6.07, 6.45) is 1.89. The third kappa shape index (κ3) is 7.10. The van der Waals surface area contributed by atoms with E-state index < -0.39 is 0 Å². The van der Waals surface area contributed by atoms with Gasteiger partial charge >= 0.3 is 0 Å². The number of halogens is 5. The molecule has 0 amide bonds. The molecule has 0 N–H and O–H groups in total. The lowest BCUT2D eigenvalue weighted by Gasteiger charge is -2.23. The van der Waals surface area contributed by atoms with Crippen molar-refractivity contribution in [1.29, 1.82) is 0 Å². The van der Waals surface area contributed by atoms with Crippen LogP contribution in [-0.4, -0.2) is 31.1 Å². The third-order valence-corrected chi connectivity index (χ3v) is 4.78. The first-order valence-electron chi connectivity index (χ1n) is 7.51. The van der Waals surface area contributed by atoms with Crippen molar-refractivity contribution in [3.05, 3.63) is 56.5 Å². The van der Waals surface area contributed by atoms with Crippen molar-refractivity contribution in [1.82, 2.24) is 0 Å². The monoisotopic (exact) mass is 526 g/mol. The third-order valence-electron chi connectivity index (χ3n) is 3.53. The van der Waals surface area contributed by atoms with Crippen LogP contribution in [0.2, 0.25) is 0 Å². The van der Waals surface area contributed by atoms with Crippen LogP contribution in [0.4, 0.5) is 11.4 Å². The number of hydrogen-bond donors (Lipinski definition) is 0. The van der Waals surface area contributed by atoms with Gasteiger partial charge in [0.25, 0.3) is 0 Å². The van der Waals surface area contributed by atoms with Gasteiger partial charge < -0.3 is 4.90 Å². The lowest BCUT2D eigenvalue weighted by molar-refractivity contribution is 0.873. The smallest absolute Gasteiger partial charge is 0.0652 e. The molecule has 0 aliphatic heterocycles. The molecule has 25 heavy (non-hydrogen) atoms. The molecule has 0 saturated carbocycles. The molecular weight excluding hydrogens is 510 g/mol. The highest BCUT2D eigenvalue weighted by Gasteiger charge is 2.07. The summed E-state index contributed by atoms with van der Waals surface area (Å²) < 4.78 is 1.99. The molecule has 2 aromatic carbocycles. The predicted molar refractivity (Wildman–Crippen MR) is 121 cm³/mol. The van der Waals surface area contributed by atoms with Gasteiger partial charge in [-0.15, -0.1) is 35.6 Å². The van der Waals surface area contributed by atoms with E-state index in [-0.39, 0.29) is 12.4 Å². The van der Waals surface area contributed by atoms with Gasteiger partial charge in [0.1, 0.15) is 0 Å². The number of nitrogens with zero attached hydrogens (tertiary/aromatic N) is 2. The minimum atomic E-state index is 0. The van der Waals surface area contributed by atoms with E-state index in [0.29, 0.717) is 11.8 Å². The fourth-order valence-electron chi connectivity index (χ4n) is 2.33. The number of aryl methyl sites for hydroxylation is 1. The molecular formula is C18H19Br2Cl3N2. The van der Waals surface area contributed by atoms with Crippen molar-refractivity contribution in [2.45, 2.75) is 6.92 Å². The summed E-state index contributed by atoms with van der Waals surface area (Å²) in [5.74, 6) is 1.16. The van der Waals surface area contributed by atoms with Gasteiger partial charge in [0.2, 0.25) is 0 Å². The van der Waals surface area contributed by atoms with Crippen LogP contribution in [0, 0.1) is 6.92 Å². The molecule has 0 atom stereocenters. The first-order valence-corrected chi connectivity index (χ1v) is 10.2. The summed E-state index contributed by atoms with van der Waals surface area (Å²) in [6, 6.07) is 12.3. The number of anilines is 1. The highest BCUT2D eigenvalue weighted by Crippen LogP contribution is 2.25. The maximum absolute atomic E-state index is 5.88. The maximum Gasteiger partial charge on any atom is 0.0652 e. The van der Waals surface area contributed by atoms with Crippen molar-refractivity contribution < 1.29 is 0 Å². The lowest BCUT2D eigenvalue weighted by atomic mass is 10.1. The molecule has 0 heterocycles. The van der Waals surface area contributed by atoms with Crippen molar-refractivity contribution in [2.24, 2.45) is 4.99 Å². The summed E-state index contributed by atoms with van der Waals surface area (Å²) in [6.45, 7) is 3.65. The van der Waals surface area contributed by atoms with Crippen LogP contribution < -0.4 is 4.90 Å². The average molecular weight is 530 g/mol. The van der Waals surface area contributed by atoms with Crippen molar-refractivity contribution in [2.75, 3.05) is 29.7 Å². The summed E-state index contributed by atoms with van der Waals surface area (Å²) in [7, 11) is 0. The molecule has 0 aliphatic carbocycles. The zero-order valence-electron chi connectivity index (χ0n) is 13.7. The zero-order valence-corrected chi connectivity index (χ0v) is 19.2. The highest BCUT2D eigenvalue weighted by atomic mass is 79.9. The van der Waals surface area contributed by atoms with Gasteiger partial charge in [-0.25, -0.2) is 0 Å². The molecule has 7 heteroatoms. The van der Waals surface area contributed by atoms with Gasteiger partial charge in [-0.3, -0.25) is 4.99 Å². The van der Waals surface area contributed by atoms with Crippen LogP contribution in [0.15, 0.2) is 50.3 Å². The van der Waals surface area contributed by atoms with E-state index >= 15 is 0 Å². The molecule has 2 aromatic rings. The highest BCUT2D eigenvalue weighted by molar-refractivity contribution is 9.11. The largest absolute Gasteiger partial charge is 0.369 e. The van der Waals surface area contributed by atoms with Gasteiger partial charge in [0, 0.05) is 45.7 Å². The molecule has 0 bridgehead atoms. The Morgan fingerprint density at radius 3 is 2.12 bits per heavy atom. The Labute approximate surface area is 182 Å². The number of alkyl halides is 2. The Morgan fingerprint density at radius 2 is 1.60 bits per heavy atom. The van der Waals surface area contributed by atoms with Crippen LogP contribution in [-0.2, 0) is 0 Å². The van der Waals surface area contributed by atoms with Gasteiger partial charge in [0.15, 0.2) is 0 Å². The minimum absolute atomic E-state index is 0. The van der Waals surface area contributed by atoms with Crippen LogP contribution in [0.25, 0.3) is 0 Å². The molecule has 0 saturated heterocycles. The second-order valence-corrected chi connectivity index (χ2v) is 7.88. The number of hydrogen-bond acceptors (Lipinski definition) is 2. The Kier molecular flexibility index (Phi) is 10.4. The van der Waals surface area contributed by atoms with E-state index in [9.17, 15) is 0 Å². The summed E-state index contributed by atoms with van der Waals surface area (Å²) >= 11 is 18.7. The van der Waals surface area contributed by atoms with E-state index in [1.165, 1.54) is 5.56 Å². The van der Waals surface area contributed by atoms with Crippen molar-refractivity contribution in [3.8, 4) is 0 Å². The fourth-order valence-corrected chi connectivity index (χ4v) is 4.01. The van der Waals surface area contributed by atoms with Crippen LogP contribution in [0.1, 0.15) is 11.1 Å². The first-order chi connectivity index (χ1) is 11.5. The zero-order chi connectivity index (χ0) is 17.5. The Hall–Kier alpha value is -0.260. The normalized spacial score (nSPS) is 10.8. The maximum atomic E-state index is 5.88. The van der Waals surface area contributed by atoms with Crippen molar-refractivity contribution in [3.63, 3.8) is 0 Å². The summed E-state index contributed by atoms with van der Waals surface area (Å²) in [5.41, 5.74) is 4.28. The molecule has 0 spiro atoms. The quantitative estimate of drug-likeness (QED) is 0.279. The first kappa shape index (κ1) is 22.8. The fraction of sp³-hybridized carbons (Fsp3) is 0.278. The minimum Gasteiger partial charge on any atom is -0.369 e. The molecule has 2 rings (SSSR count). The van der Waals surface area contributed by atoms with Gasteiger partial charge in [-0.1, -0.05) is 37.9 Å². The topological polar surface area (TPSA) is 15.6 Å². The van der Waals surface area contributed by atoms with Gasteiger partial charge in [0.05, 0.1) is 5.69 Å². The second-order valence-electron chi connectivity index (χ2n) is 5.29. The Morgan fingerprint density at radius 1 is 1.00 bits per heavy atom. The van der Waals surface area contributed by atoms with Crippen LogP contribution in [0.3, 0.4) is 0 Å². The summed E-state index contributed by atoms with van der Waals surface area (Å²) in [5, 5.41) is 0. The number of benzene rings is 2. The van der Waals surface area contributed by atoms with Crippen molar-refractivity contribution >= 4 is 85.1 Å². The second kappa shape index (κ2) is 11.5. The molecule has 0 aromatic heterocycles. The molecule has 2 nitrogen and oxygen atoms in total. The Bertz CT molecular complexity index is 697. The molecule has 0 fully saturated rings. The van der Waals surface area contributed by atoms with Crippen LogP contribution >= 0.6 is 67.5 Å². The van der Waals surface area contributed by atoms with Gasteiger partial charge in [-0.2, -0.15) is 0 Å². The SMILES string of the molecule is Cc1cc(N(CCCl)CCCl)ccc1C=Nc1cc(Br)cc(Br)c1.Cl. The van der Waals surface area contributed by atoms with Gasteiger partial charge in [-0.05, 0) is 48.4 Å². The lowest BCUT2D eigenvalue weighted by Crippen LogP contribution is -2.27. The standard InChI is InChI=1S/C18H18Br2Cl2N2.ClH/c1-13-8-18(24(6-4-21)7-5-22)3-2-14(13)12-23-17-10-15(19)9-16(20)11-17;/h2-3,8-12H,4-7H2,1H3;1H. The van der Waals surface area contributed by atoms with E-state index in [0.717, 1.165) is 39.0 Å². The predicted octanol–water partition coefficient (Wildman–Crippen LogP) is 6.98. The Balaban J connectivity index is 0.00000312. The van der Waals surface area contributed by atoms with Crippen LogP contribution in [0.5, 0.6) is 0 Å². The average Bonchev–Trinajstić information content (AvgIpc) is 2.52. The number of rotatable bonds is 7. The van der Waals surface area contributed by atoms with E-state index in [2.05, 4.69) is 66.9 Å². The molecule has 0 aliphatic rings. The van der Waals surface area contributed by atoms with E-state index in [1.807, 2.05) is 24.4 Å². The van der Waals surface area contributed by atoms with E-state index in [1.54, 1.807) is 0 Å². The summed E-state index contributed by atoms with van der Waals surface area (Å²) in [4.78, 5) is 6.76. The molecule has 136 valence electrons. The van der Waals surface area contributed by atoms with E-state index in [4.69, 9.17) is 23.2 Å².